The number of nitrogens with two attached hydrogens (primary N) is 1. The first kappa shape index (κ1) is 17.3. The van der Waals surface area contributed by atoms with Crippen molar-refractivity contribution in [1.29, 1.82) is 0 Å². The second-order valence-corrected chi connectivity index (χ2v) is 5.29. The Morgan fingerprint density at radius 3 is 2.48 bits per heavy atom. The number of nitrogens with one attached hydrogen (secondary N) is 1. The quantitative estimate of drug-likeness (QED) is 0.732. The predicted octanol–water partition coefficient (Wildman–Crippen LogP) is 0.556. The number of hydrogen-bond donors (Lipinski definition) is 2. The number of carbonyl (C=O) groups excluding carboxylic acids is 1. The van der Waals surface area contributed by atoms with E-state index < -0.39 is 11.4 Å². The van der Waals surface area contributed by atoms with Crippen molar-refractivity contribution >= 4 is 5.91 Å². The van der Waals surface area contributed by atoms with E-state index in [4.69, 9.17) is 15.2 Å². The molecule has 1 rings (SSSR count). The maximum absolute atomic E-state index is 12.0. The van der Waals surface area contributed by atoms with Crippen LogP contribution in [-0.4, -0.2) is 52.2 Å². The molecular weight excluding hydrogens is 270 g/mol. The molecule has 6 heteroatoms. The minimum Gasteiger partial charge on any atom is -0.497 e. The first-order chi connectivity index (χ1) is 9.85. The number of carbonyl (C=O) groups is 1. The van der Waals surface area contributed by atoms with Gasteiger partial charge in [-0.05, 0) is 39.2 Å². The summed E-state index contributed by atoms with van der Waals surface area (Å²) in [4.78, 5) is 14.0. The van der Waals surface area contributed by atoms with Gasteiger partial charge in [0.05, 0.1) is 14.2 Å². The fraction of sp³-hybridized carbons (Fsp3) is 0.533. The van der Waals surface area contributed by atoms with Gasteiger partial charge in [0.25, 0.3) is 0 Å². The molecule has 1 aromatic carbocycles. The summed E-state index contributed by atoms with van der Waals surface area (Å²) in [6, 6.07) is 5.32. The molecule has 1 unspecified atom stereocenters. The molecule has 0 radical (unpaired) electrons. The molecule has 1 atom stereocenters. The largest absolute Gasteiger partial charge is 0.497 e. The van der Waals surface area contributed by atoms with Gasteiger partial charge in [-0.1, -0.05) is 0 Å². The summed E-state index contributed by atoms with van der Waals surface area (Å²) in [5.74, 6) is 0.773. The Hall–Kier alpha value is -1.79. The third-order valence-electron chi connectivity index (χ3n) is 3.48. The van der Waals surface area contributed by atoms with Crippen LogP contribution in [0, 0.1) is 0 Å². The minimum absolute atomic E-state index is 0.465. The van der Waals surface area contributed by atoms with E-state index in [-0.39, 0.29) is 0 Å². The zero-order valence-corrected chi connectivity index (χ0v) is 13.4. The summed E-state index contributed by atoms with van der Waals surface area (Å²) in [5.41, 5.74) is 5.25. The molecular formula is C15H25N3O3. The maximum atomic E-state index is 12.0. The summed E-state index contributed by atoms with van der Waals surface area (Å²) in [7, 11) is 7.07. The van der Waals surface area contributed by atoms with Gasteiger partial charge >= 0.3 is 0 Å². The van der Waals surface area contributed by atoms with Crippen LogP contribution in [0.3, 0.4) is 0 Å². The van der Waals surface area contributed by atoms with E-state index in [2.05, 4.69) is 5.32 Å². The monoisotopic (exact) mass is 295 g/mol. The number of ether oxygens (including phenoxy) is 2. The van der Waals surface area contributed by atoms with Crippen LogP contribution in [0.1, 0.15) is 12.5 Å². The van der Waals surface area contributed by atoms with Gasteiger partial charge in [0.1, 0.15) is 17.0 Å². The average molecular weight is 295 g/mol. The van der Waals surface area contributed by atoms with Crippen LogP contribution in [0.2, 0.25) is 0 Å². The van der Waals surface area contributed by atoms with E-state index in [1.165, 1.54) is 0 Å². The third-order valence-corrected chi connectivity index (χ3v) is 3.48. The highest BCUT2D eigenvalue weighted by molar-refractivity contribution is 5.86. The number of benzene rings is 1. The van der Waals surface area contributed by atoms with Crippen molar-refractivity contribution in [3.63, 3.8) is 0 Å². The number of amides is 1. The second-order valence-electron chi connectivity index (χ2n) is 5.29. The fourth-order valence-corrected chi connectivity index (χ4v) is 2.05. The molecule has 0 aliphatic heterocycles. The summed E-state index contributed by atoms with van der Waals surface area (Å²) < 4.78 is 10.6. The molecule has 6 nitrogen and oxygen atoms in total. The Kier molecular flexibility index (Phi) is 5.99. The summed E-state index contributed by atoms with van der Waals surface area (Å²) >= 11 is 0. The van der Waals surface area contributed by atoms with Gasteiger partial charge in [-0.2, -0.15) is 0 Å². The highest BCUT2D eigenvalue weighted by Crippen LogP contribution is 2.33. The lowest BCUT2D eigenvalue weighted by Gasteiger charge is -2.30. The van der Waals surface area contributed by atoms with Gasteiger partial charge in [-0.25, -0.2) is 0 Å². The van der Waals surface area contributed by atoms with Crippen molar-refractivity contribution in [1.82, 2.24) is 10.2 Å². The Morgan fingerprint density at radius 2 is 2.00 bits per heavy atom. The molecule has 0 fully saturated rings. The lowest BCUT2D eigenvalue weighted by atomic mass is 9.90. The van der Waals surface area contributed by atoms with E-state index >= 15 is 0 Å². The number of primary amides is 1. The summed E-state index contributed by atoms with van der Waals surface area (Å²) in [5, 5.41) is 3.22. The molecule has 0 bridgehead atoms. The van der Waals surface area contributed by atoms with Gasteiger partial charge in [0.15, 0.2) is 0 Å². The smallest absolute Gasteiger partial charge is 0.242 e. The van der Waals surface area contributed by atoms with Crippen molar-refractivity contribution in [2.24, 2.45) is 5.73 Å². The number of nitrogens with zero attached hydrogens (tertiary/aromatic N) is 1. The van der Waals surface area contributed by atoms with Crippen LogP contribution >= 0.6 is 0 Å². The number of methoxy groups -OCH3 is 2. The fourth-order valence-electron chi connectivity index (χ4n) is 2.05. The Bertz CT molecular complexity index is 491. The van der Waals surface area contributed by atoms with E-state index in [0.717, 1.165) is 6.54 Å². The van der Waals surface area contributed by atoms with E-state index in [1.54, 1.807) is 39.3 Å². The highest BCUT2D eigenvalue weighted by atomic mass is 16.5. The molecule has 0 saturated heterocycles. The molecule has 1 amide bonds. The summed E-state index contributed by atoms with van der Waals surface area (Å²) in [6.45, 7) is 3.16. The zero-order valence-electron chi connectivity index (χ0n) is 13.4. The van der Waals surface area contributed by atoms with Crippen LogP contribution in [0.25, 0.3) is 0 Å². The lowest BCUT2D eigenvalue weighted by molar-refractivity contribution is -0.124. The summed E-state index contributed by atoms with van der Waals surface area (Å²) in [6.07, 6.45) is 0. The third kappa shape index (κ3) is 4.09. The second kappa shape index (κ2) is 7.28. The van der Waals surface area contributed by atoms with Crippen molar-refractivity contribution in [2.45, 2.75) is 12.5 Å². The Labute approximate surface area is 126 Å². The van der Waals surface area contributed by atoms with Gasteiger partial charge in [-0.3, -0.25) is 10.1 Å². The topological polar surface area (TPSA) is 76.8 Å². The van der Waals surface area contributed by atoms with Gasteiger partial charge in [0.2, 0.25) is 5.91 Å². The molecule has 0 aliphatic carbocycles. The van der Waals surface area contributed by atoms with E-state index in [1.807, 2.05) is 19.0 Å². The molecule has 0 aromatic heterocycles. The van der Waals surface area contributed by atoms with Gasteiger partial charge < -0.3 is 20.1 Å². The first-order valence-electron chi connectivity index (χ1n) is 6.77. The molecule has 3 N–H and O–H groups in total. The van der Waals surface area contributed by atoms with Crippen LogP contribution in [0.15, 0.2) is 18.2 Å². The lowest BCUT2D eigenvalue weighted by Crippen LogP contribution is -2.52. The van der Waals surface area contributed by atoms with Crippen LogP contribution in [0.4, 0.5) is 0 Å². The van der Waals surface area contributed by atoms with Gasteiger partial charge in [-0.15, -0.1) is 0 Å². The first-order valence-corrected chi connectivity index (χ1v) is 6.77. The molecule has 0 spiro atoms. The molecule has 0 heterocycles. The molecule has 118 valence electrons. The van der Waals surface area contributed by atoms with E-state index in [0.29, 0.717) is 23.6 Å². The van der Waals surface area contributed by atoms with Gasteiger partial charge in [0, 0.05) is 18.7 Å². The van der Waals surface area contributed by atoms with Crippen molar-refractivity contribution in [3.05, 3.63) is 23.8 Å². The minimum atomic E-state index is -1.03. The molecule has 0 saturated carbocycles. The molecule has 21 heavy (non-hydrogen) atoms. The predicted molar refractivity (Wildman–Crippen MR) is 82.6 cm³/mol. The number of rotatable bonds is 8. The zero-order chi connectivity index (χ0) is 16.0. The van der Waals surface area contributed by atoms with Crippen LogP contribution in [0.5, 0.6) is 11.5 Å². The van der Waals surface area contributed by atoms with Crippen LogP contribution in [-0.2, 0) is 10.3 Å². The van der Waals surface area contributed by atoms with E-state index in [9.17, 15) is 4.79 Å². The number of likely N-dealkylation sites (N-methyl/N-ethyl adjacent to an activating group) is 1. The number of hydrogen-bond acceptors (Lipinski definition) is 5. The average Bonchev–Trinajstić information content (AvgIpc) is 2.45. The normalized spacial score (nSPS) is 13.8. The van der Waals surface area contributed by atoms with Crippen molar-refractivity contribution < 1.29 is 14.3 Å². The van der Waals surface area contributed by atoms with Crippen molar-refractivity contribution in [2.75, 3.05) is 41.4 Å². The van der Waals surface area contributed by atoms with Crippen LogP contribution < -0.4 is 20.5 Å². The maximum Gasteiger partial charge on any atom is 0.242 e. The SMILES string of the molecule is COc1ccc(OC)c(C(C)(NCCN(C)C)C(N)=O)c1. The highest BCUT2D eigenvalue weighted by Gasteiger charge is 2.35. The molecule has 0 aliphatic rings. The Morgan fingerprint density at radius 1 is 1.33 bits per heavy atom. The van der Waals surface area contributed by atoms with Crippen molar-refractivity contribution in [3.8, 4) is 11.5 Å². The Balaban J connectivity index is 3.17. The standard InChI is InChI=1S/C15H25N3O3/c1-15(14(16)19,17-8-9-18(2)3)12-10-11(20-4)6-7-13(12)21-5/h6-7,10,17H,8-9H2,1-5H3,(H2,16,19). The molecule has 1 aromatic rings.